The van der Waals surface area contributed by atoms with Gasteiger partial charge in [-0.05, 0) is 30.9 Å². The van der Waals surface area contributed by atoms with Gasteiger partial charge in [0, 0.05) is 32.2 Å². The van der Waals surface area contributed by atoms with Crippen molar-refractivity contribution in [2.75, 3.05) is 20.3 Å². The summed E-state index contributed by atoms with van der Waals surface area (Å²) in [5.41, 5.74) is 1.65. The van der Waals surface area contributed by atoms with Crippen molar-refractivity contribution in [3.63, 3.8) is 0 Å². The lowest BCUT2D eigenvalue weighted by Gasteiger charge is -2.26. The average Bonchev–Trinajstić information content (AvgIpc) is 2.96. The summed E-state index contributed by atoms with van der Waals surface area (Å²) in [7, 11) is 1.55. The Kier molecular flexibility index (Phi) is 4.99. The molecule has 1 fully saturated rings. The van der Waals surface area contributed by atoms with E-state index in [4.69, 9.17) is 14.5 Å². The summed E-state index contributed by atoms with van der Waals surface area (Å²) in [5.74, 6) is 2.09. The third kappa shape index (κ3) is 3.79. The number of fused-ring (bicyclic) bond motifs is 1. The maximum atomic E-state index is 11.6. The predicted octanol–water partition coefficient (Wildman–Crippen LogP) is 3.48. The van der Waals surface area contributed by atoms with Gasteiger partial charge in [0.25, 0.3) is 0 Å². The lowest BCUT2D eigenvalue weighted by molar-refractivity contribution is 0.0611. The Hall–Kier alpha value is -2.08. The molecule has 0 saturated carbocycles. The second-order valence-electron chi connectivity index (χ2n) is 7.62. The molecule has 0 radical (unpaired) electrons. The molecule has 3 rings (SSSR count). The Morgan fingerprint density at radius 3 is 2.72 bits per heavy atom. The van der Waals surface area contributed by atoms with Crippen LogP contribution < -0.4 is 10.1 Å². The van der Waals surface area contributed by atoms with Gasteiger partial charge in [0.05, 0.1) is 5.52 Å². The highest BCUT2D eigenvalue weighted by Gasteiger charge is 2.26. The maximum Gasteiger partial charge on any atom is 0.412 e. The summed E-state index contributed by atoms with van der Waals surface area (Å²) in [6.45, 7) is 9.05. The van der Waals surface area contributed by atoms with Crippen LogP contribution in [-0.4, -0.2) is 35.9 Å². The number of nitrogens with zero attached hydrogens (tertiary/aromatic N) is 2. The van der Waals surface area contributed by atoms with E-state index in [-0.39, 0.29) is 5.41 Å². The molecule has 6 heteroatoms. The van der Waals surface area contributed by atoms with Crippen LogP contribution in [-0.2, 0) is 16.7 Å². The monoisotopic (exact) mass is 345 g/mol. The Morgan fingerprint density at radius 2 is 2.08 bits per heavy atom. The predicted molar refractivity (Wildman–Crippen MR) is 97.1 cm³/mol. The van der Waals surface area contributed by atoms with Gasteiger partial charge in [-0.1, -0.05) is 26.8 Å². The Morgan fingerprint density at radius 1 is 1.36 bits per heavy atom. The van der Waals surface area contributed by atoms with Crippen molar-refractivity contribution in [2.45, 2.75) is 45.6 Å². The summed E-state index contributed by atoms with van der Waals surface area (Å²) in [6, 6.07) is 5.75. The normalized spacial score (nSPS) is 16.2. The van der Waals surface area contributed by atoms with Gasteiger partial charge in [0.1, 0.15) is 11.3 Å². The first-order chi connectivity index (χ1) is 11.9. The molecule has 1 N–H and O–H groups in total. The molecule has 1 aliphatic heterocycles. The Balaban J connectivity index is 2.06. The third-order valence-corrected chi connectivity index (χ3v) is 4.60. The van der Waals surface area contributed by atoms with E-state index in [1.54, 1.807) is 13.1 Å². The van der Waals surface area contributed by atoms with E-state index < -0.39 is 6.09 Å². The van der Waals surface area contributed by atoms with Gasteiger partial charge in [-0.25, -0.2) is 9.78 Å². The molecular formula is C19H27N3O3. The number of carbonyl (C=O) groups is 1. The fourth-order valence-electron chi connectivity index (χ4n) is 3.30. The van der Waals surface area contributed by atoms with Crippen LogP contribution in [0.2, 0.25) is 0 Å². The van der Waals surface area contributed by atoms with Crippen molar-refractivity contribution in [1.82, 2.24) is 14.9 Å². The molecule has 0 atom stereocenters. The molecular weight excluding hydrogens is 318 g/mol. The van der Waals surface area contributed by atoms with Crippen LogP contribution >= 0.6 is 0 Å². The lowest BCUT2D eigenvalue weighted by Crippen LogP contribution is -2.25. The summed E-state index contributed by atoms with van der Waals surface area (Å²) >= 11 is 0. The summed E-state index contributed by atoms with van der Waals surface area (Å²) in [6.07, 6.45) is 1.65. The van der Waals surface area contributed by atoms with Crippen LogP contribution in [0.1, 0.15) is 39.4 Å². The second-order valence-corrected chi connectivity index (χ2v) is 7.62. The van der Waals surface area contributed by atoms with Crippen LogP contribution in [0.5, 0.6) is 5.75 Å². The van der Waals surface area contributed by atoms with E-state index in [1.165, 1.54) is 0 Å². The van der Waals surface area contributed by atoms with E-state index in [0.29, 0.717) is 11.7 Å². The molecule has 0 bridgehead atoms. The number of aromatic nitrogens is 2. The molecule has 1 aromatic heterocycles. The molecule has 0 spiro atoms. The zero-order valence-electron chi connectivity index (χ0n) is 15.5. The van der Waals surface area contributed by atoms with Crippen molar-refractivity contribution < 1.29 is 14.3 Å². The van der Waals surface area contributed by atoms with E-state index in [2.05, 4.69) is 30.7 Å². The summed E-state index contributed by atoms with van der Waals surface area (Å²) in [5, 5.41) is 2.49. The number of ether oxygens (including phenoxy) is 2. The van der Waals surface area contributed by atoms with Gasteiger partial charge in [0.2, 0.25) is 0 Å². The molecule has 136 valence electrons. The second kappa shape index (κ2) is 7.04. The molecule has 6 nitrogen and oxygen atoms in total. The molecule has 1 amide bonds. The largest absolute Gasteiger partial charge is 0.412 e. The minimum Gasteiger partial charge on any atom is -0.408 e. The number of carbonyl (C=O) groups excluding carboxylic acids is 1. The van der Waals surface area contributed by atoms with Gasteiger partial charge in [-0.2, -0.15) is 0 Å². The summed E-state index contributed by atoms with van der Waals surface area (Å²) in [4.78, 5) is 16.5. The fraction of sp³-hybridized carbons (Fsp3) is 0.579. The van der Waals surface area contributed by atoms with Crippen LogP contribution in [0.3, 0.4) is 0 Å². The molecule has 2 heterocycles. The number of amides is 1. The Bertz CT molecular complexity index is 755. The first-order valence-corrected chi connectivity index (χ1v) is 8.87. The van der Waals surface area contributed by atoms with E-state index in [0.717, 1.165) is 49.5 Å². The SMILES string of the molecule is CNC(=O)Oc1cccc2c1nc(C(C)(C)C)n2CC1CCOCC1. The number of rotatable bonds is 3. The maximum absolute atomic E-state index is 11.6. The molecule has 0 unspecified atom stereocenters. The number of hydrogen-bond acceptors (Lipinski definition) is 4. The van der Waals surface area contributed by atoms with Crippen LogP contribution in [0.4, 0.5) is 4.79 Å². The summed E-state index contributed by atoms with van der Waals surface area (Å²) < 4.78 is 13.2. The van der Waals surface area contributed by atoms with Gasteiger partial charge >= 0.3 is 6.09 Å². The zero-order chi connectivity index (χ0) is 18.0. The highest BCUT2D eigenvalue weighted by Crippen LogP contribution is 2.33. The lowest BCUT2D eigenvalue weighted by atomic mass is 9.94. The van der Waals surface area contributed by atoms with Gasteiger partial charge in [-0.15, -0.1) is 0 Å². The first-order valence-electron chi connectivity index (χ1n) is 8.87. The molecule has 2 aromatic rings. The van der Waals surface area contributed by atoms with Crippen molar-refractivity contribution in [2.24, 2.45) is 5.92 Å². The van der Waals surface area contributed by atoms with Crippen molar-refractivity contribution in [3.05, 3.63) is 24.0 Å². The van der Waals surface area contributed by atoms with Crippen molar-refractivity contribution in [3.8, 4) is 5.75 Å². The fourth-order valence-corrected chi connectivity index (χ4v) is 3.30. The van der Waals surface area contributed by atoms with E-state index in [9.17, 15) is 4.79 Å². The van der Waals surface area contributed by atoms with Crippen LogP contribution in [0.15, 0.2) is 18.2 Å². The van der Waals surface area contributed by atoms with E-state index in [1.807, 2.05) is 12.1 Å². The molecule has 25 heavy (non-hydrogen) atoms. The molecule has 1 aliphatic rings. The van der Waals surface area contributed by atoms with Crippen molar-refractivity contribution in [1.29, 1.82) is 0 Å². The third-order valence-electron chi connectivity index (χ3n) is 4.60. The molecule has 1 aromatic carbocycles. The van der Waals surface area contributed by atoms with E-state index >= 15 is 0 Å². The highest BCUT2D eigenvalue weighted by molar-refractivity contribution is 5.85. The zero-order valence-corrected chi connectivity index (χ0v) is 15.5. The van der Waals surface area contributed by atoms with Gasteiger partial charge in [0.15, 0.2) is 5.75 Å². The quantitative estimate of drug-likeness (QED) is 0.925. The smallest absolute Gasteiger partial charge is 0.408 e. The Labute approximate surface area is 148 Å². The average molecular weight is 345 g/mol. The van der Waals surface area contributed by atoms with Crippen LogP contribution in [0.25, 0.3) is 11.0 Å². The highest BCUT2D eigenvalue weighted by atomic mass is 16.6. The minimum atomic E-state index is -0.483. The molecule has 0 aliphatic carbocycles. The number of benzene rings is 1. The number of imidazole rings is 1. The topological polar surface area (TPSA) is 65.4 Å². The van der Waals surface area contributed by atoms with Gasteiger partial charge < -0.3 is 19.4 Å². The standard InChI is InChI=1S/C19H27N3O3/c1-19(2,3)17-21-16-14(6-5-7-15(16)25-18(23)20-4)22(17)12-13-8-10-24-11-9-13/h5-7,13H,8-12H2,1-4H3,(H,20,23). The molecule has 1 saturated heterocycles. The van der Waals surface area contributed by atoms with Gasteiger partial charge in [-0.3, -0.25) is 0 Å². The number of hydrogen-bond donors (Lipinski definition) is 1. The first kappa shape index (κ1) is 17.7. The van der Waals surface area contributed by atoms with Crippen molar-refractivity contribution >= 4 is 17.1 Å². The number of nitrogens with one attached hydrogen (secondary N) is 1. The van der Waals surface area contributed by atoms with Crippen LogP contribution in [0, 0.1) is 5.92 Å². The number of para-hydroxylation sites is 1. The minimum absolute atomic E-state index is 0.103.